The van der Waals surface area contributed by atoms with Gasteiger partial charge in [-0.05, 0) is 24.0 Å². The molecule has 0 bridgehead atoms. The summed E-state index contributed by atoms with van der Waals surface area (Å²) in [6.45, 7) is 4.20. The second-order valence-electron chi connectivity index (χ2n) is 3.70. The number of hydrogen-bond acceptors (Lipinski definition) is 3. The summed E-state index contributed by atoms with van der Waals surface area (Å²) in [6, 6.07) is 7.74. The number of hydrazine groups is 1. The predicted octanol–water partition coefficient (Wildman–Crippen LogP) is 1.57. The highest BCUT2D eigenvalue weighted by Gasteiger charge is 2.10. The molecular weight excluding hydrogens is 204 g/mol. The van der Waals surface area contributed by atoms with E-state index in [1.54, 1.807) is 0 Å². The van der Waals surface area contributed by atoms with Crippen molar-refractivity contribution in [1.29, 1.82) is 0 Å². The van der Waals surface area contributed by atoms with E-state index < -0.39 is 0 Å². The predicted molar refractivity (Wildman–Crippen MR) is 63.0 cm³/mol. The summed E-state index contributed by atoms with van der Waals surface area (Å²) in [5, 5.41) is 0. The number of amides is 1. The van der Waals surface area contributed by atoms with Crippen LogP contribution in [0.4, 0.5) is 0 Å². The zero-order valence-corrected chi connectivity index (χ0v) is 9.69. The molecule has 0 aliphatic carbocycles. The van der Waals surface area contributed by atoms with Crippen LogP contribution < -0.4 is 16.0 Å². The molecule has 0 aliphatic heterocycles. The first-order valence-corrected chi connectivity index (χ1v) is 5.40. The van der Waals surface area contributed by atoms with E-state index in [0.29, 0.717) is 5.92 Å². The van der Waals surface area contributed by atoms with Gasteiger partial charge in [0.2, 0.25) is 0 Å². The summed E-state index contributed by atoms with van der Waals surface area (Å²) >= 11 is 0. The van der Waals surface area contributed by atoms with E-state index in [4.69, 9.17) is 10.6 Å². The Kier molecular flexibility index (Phi) is 4.79. The van der Waals surface area contributed by atoms with Gasteiger partial charge in [0.1, 0.15) is 5.75 Å². The van der Waals surface area contributed by atoms with E-state index in [9.17, 15) is 4.79 Å². The fraction of sp³-hybridized carbons (Fsp3) is 0.417. The Morgan fingerprint density at radius 1 is 1.50 bits per heavy atom. The average molecular weight is 222 g/mol. The number of ether oxygens (including phenoxy) is 1. The number of carbonyl (C=O) groups is 1. The number of benzene rings is 1. The minimum absolute atomic E-state index is 0.0516. The summed E-state index contributed by atoms with van der Waals surface area (Å²) in [5.74, 6) is 5.81. The molecule has 16 heavy (non-hydrogen) atoms. The van der Waals surface area contributed by atoms with Crippen LogP contribution in [0.25, 0.3) is 0 Å². The van der Waals surface area contributed by atoms with Crippen molar-refractivity contribution in [2.24, 2.45) is 5.84 Å². The highest BCUT2D eigenvalue weighted by atomic mass is 16.5. The highest BCUT2D eigenvalue weighted by Crippen LogP contribution is 2.28. The fourth-order valence-electron chi connectivity index (χ4n) is 1.42. The third kappa shape index (κ3) is 3.24. The number of nitrogens with one attached hydrogen (secondary N) is 1. The van der Waals surface area contributed by atoms with Crippen molar-refractivity contribution in [2.45, 2.75) is 26.2 Å². The van der Waals surface area contributed by atoms with E-state index in [0.717, 1.165) is 17.7 Å². The Hall–Kier alpha value is -1.55. The topological polar surface area (TPSA) is 64.3 Å². The van der Waals surface area contributed by atoms with E-state index in [1.807, 2.05) is 29.7 Å². The van der Waals surface area contributed by atoms with Crippen molar-refractivity contribution in [3.8, 4) is 5.75 Å². The average Bonchev–Trinajstić information content (AvgIpc) is 2.35. The number of nitrogens with two attached hydrogens (primary N) is 1. The summed E-state index contributed by atoms with van der Waals surface area (Å²) < 4.78 is 5.42. The maximum absolute atomic E-state index is 11.0. The Morgan fingerprint density at radius 3 is 2.81 bits per heavy atom. The van der Waals surface area contributed by atoms with E-state index in [-0.39, 0.29) is 12.5 Å². The van der Waals surface area contributed by atoms with E-state index >= 15 is 0 Å². The Bertz CT molecular complexity index is 353. The van der Waals surface area contributed by atoms with Gasteiger partial charge in [-0.25, -0.2) is 5.84 Å². The molecular formula is C12H18N2O2. The van der Waals surface area contributed by atoms with Crippen LogP contribution in [0, 0.1) is 0 Å². The molecule has 1 atom stereocenters. The monoisotopic (exact) mass is 222 g/mol. The Balaban J connectivity index is 2.75. The summed E-state index contributed by atoms with van der Waals surface area (Å²) in [5.41, 5.74) is 3.15. The first-order valence-electron chi connectivity index (χ1n) is 5.40. The number of para-hydroxylation sites is 1. The molecule has 1 aromatic rings. The summed E-state index contributed by atoms with van der Waals surface area (Å²) in [6.07, 6.45) is 1.03. The molecule has 1 unspecified atom stereocenters. The van der Waals surface area contributed by atoms with E-state index in [2.05, 4.69) is 13.8 Å². The Morgan fingerprint density at radius 2 is 2.19 bits per heavy atom. The molecule has 0 radical (unpaired) electrons. The van der Waals surface area contributed by atoms with Gasteiger partial charge in [-0.2, -0.15) is 0 Å². The molecule has 1 rings (SSSR count). The van der Waals surface area contributed by atoms with Crippen molar-refractivity contribution >= 4 is 5.91 Å². The largest absolute Gasteiger partial charge is 0.483 e. The molecule has 1 amide bonds. The smallest absolute Gasteiger partial charge is 0.271 e. The van der Waals surface area contributed by atoms with Gasteiger partial charge in [0, 0.05) is 0 Å². The number of hydrogen-bond donors (Lipinski definition) is 2. The van der Waals surface area contributed by atoms with Crippen molar-refractivity contribution in [2.75, 3.05) is 6.61 Å². The van der Waals surface area contributed by atoms with Crippen LogP contribution in [0.5, 0.6) is 5.75 Å². The van der Waals surface area contributed by atoms with Gasteiger partial charge >= 0.3 is 0 Å². The standard InChI is InChI=1S/C12H18N2O2/c1-3-9(2)10-6-4-5-7-11(10)16-8-12(15)14-13/h4-7,9H,3,8,13H2,1-2H3,(H,14,15). The van der Waals surface area contributed by atoms with Crippen molar-refractivity contribution in [3.63, 3.8) is 0 Å². The summed E-state index contributed by atoms with van der Waals surface area (Å²) in [7, 11) is 0. The van der Waals surface area contributed by atoms with Crippen molar-refractivity contribution in [3.05, 3.63) is 29.8 Å². The van der Waals surface area contributed by atoms with Gasteiger partial charge in [-0.15, -0.1) is 0 Å². The van der Waals surface area contributed by atoms with Crippen LogP contribution in [0.15, 0.2) is 24.3 Å². The molecule has 0 aromatic heterocycles. The minimum Gasteiger partial charge on any atom is -0.483 e. The quantitative estimate of drug-likeness (QED) is 0.451. The van der Waals surface area contributed by atoms with Gasteiger partial charge < -0.3 is 4.74 Å². The fourth-order valence-corrected chi connectivity index (χ4v) is 1.42. The lowest BCUT2D eigenvalue weighted by molar-refractivity contribution is -0.123. The van der Waals surface area contributed by atoms with Crippen LogP contribution in [-0.2, 0) is 4.79 Å². The zero-order chi connectivity index (χ0) is 12.0. The molecule has 0 fully saturated rings. The third-order valence-electron chi connectivity index (χ3n) is 2.58. The Labute approximate surface area is 95.8 Å². The maximum Gasteiger partial charge on any atom is 0.271 e. The van der Waals surface area contributed by atoms with Crippen LogP contribution in [0.1, 0.15) is 31.7 Å². The molecule has 4 heteroatoms. The van der Waals surface area contributed by atoms with Gasteiger partial charge in [0.15, 0.2) is 6.61 Å². The number of carbonyl (C=O) groups excluding carboxylic acids is 1. The third-order valence-corrected chi connectivity index (χ3v) is 2.58. The molecule has 1 aromatic carbocycles. The lowest BCUT2D eigenvalue weighted by Gasteiger charge is -2.14. The van der Waals surface area contributed by atoms with Crippen LogP contribution in [0.2, 0.25) is 0 Å². The van der Waals surface area contributed by atoms with Gasteiger partial charge in [-0.3, -0.25) is 10.2 Å². The van der Waals surface area contributed by atoms with Crippen LogP contribution in [-0.4, -0.2) is 12.5 Å². The van der Waals surface area contributed by atoms with Gasteiger partial charge in [0.05, 0.1) is 0 Å². The van der Waals surface area contributed by atoms with Crippen molar-refractivity contribution in [1.82, 2.24) is 5.43 Å². The molecule has 0 aliphatic rings. The lowest BCUT2D eigenvalue weighted by atomic mass is 9.98. The lowest BCUT2D eigenvalue weighted by Crippen LogP contribution is -2.34. The van der Waals surface area contributed by atoms with E-state index in [1.165, 1.54) is 0 Å². The second kappa shape index (κ2) is 6.12. The maximum atomic E-state index is 11.0. The summed E-state index contributed by atoms with van der Waals surface area (Å²) in [4.78, 5) is 11.0. The zero-order valence-electron chi connectivity index (χ0n) is 9.69. The SMILES string of the molecule is CCC(C)c1ccccc1OCC(=O)NN. The normalized spacial score (nSPS) is 11.9. The molecule has 0 heterocycles. The van der Waals surface area contributed by atoms with Crippen molar-refractivity contribution < 1.29 is 9.53 Å². The van der Waals surface area contributed by atoms with Gasteiger partial charge in [-0.1, -0.05) is 32.0 Å². The molecule has 4 nitrogen and oxygen atoms in total. The molecule has 88 valence electrons. The number of rotatable bonds is 5. The van der Waals surface area contributed by atoms with Crippen LogP contribution in [0.3, 0.4) is 0 Å². The molecule has 0 spiro atoms. The highest BCUT2D eigenvalue weighted by molar-refractivity contribution is 5.76. The minimum atomic E-state index is -0.334. The first-order chi connectivity index (χ1) is 7.69. The van der Waals surface area contributed by atoms with Crippen LogP contribution >= 0.6 is 0 Å². The molecule has 0 saturated heterocycles. The first kappa shape index (κ1) is 12.5. The molecule has 3 N–H and O–H groups in total. The molecule has 0 saturated carbocycles. The second-order valence-corrected chi connectivity index (χ2v) is 3.70. The van der Waals surface area contributed by atoms with Gasteiger partial charge in [0.25, 0.3) is 5.91 Å².